The lowest BCUT2D eigenvalue weighted by Gasteiger charge is -2.23. The van der Waals surface area contributed by atoms with Crippen LogP contribution in [-0.4, -0.2) is 4.57 Å². The van der Waals surface area contributed by atoms with Crippen LogP contribution in [0.3, 0.4) is 0 Å². The molecular formula is C29H29NO. The predicted octanol–water partition coefficient (Wildman–Crippen LogP) is 6.55. The predicted molar refractivity (Wildman–Crippen MR) is 130 cm³/mol. The van der Waals surface area contributed by atoms with Gasteiger partial charge < -0.3 is 4.57 Å². The lowest BCUT2D eigenvalue weighted by Crippen LogP contribution is -2.28. The first-order valence-electron chi connectivity index (χ1n) is 11.2. The second-order valence-corrected chi connectivity index (χ2v) is 7.81. The number of pyridine rings is 1. The van der Waals surface area contributed by atoms with E-state index in [2.05, 4.69) is 86.6 Å². The average Bonchev–Trinajstić information content (AvgIpc) is 2.84. The molecule has 2 nitrogen and oxygen atoms in total. The van der Waals surface area contributed by atoms with Gasteiger partial charge in [-0.3, -0.25) is 4.79 Å². The van der Waals surface area contributed by atoms with Gasteiger partial charge in [0.1, 0.15) is 0 Å². The first-order chi connectivity index (χ1) is 15.2. The Hall–Kier alpha value is -3.39. The molecule has 2 heteroatoms. The van der Waals surface area contributed by atoms with Gasteiger partial charge in [-0.1, -0.05) is 105 Å². The summed E-state index contributed by atoms with van der Waals surface area (Å²) in [6.45, 7) is 4.95. The number of hydrogen-bond acceptors (Lipinski definition) is 1. The highest BCUT2D eigenvalue weighted by molar-refractivity contribution is 5.79. The van der Waals surface area contributed by atoms with Crippen molar-refractivity contribution in [3.63, 3.8) is 0 Å². The molecule has 0 amide bonds. The van der Waals surface area contributed by atoms with Crippen molar-refractivity contribution in [3.05, 3.63) is 118 Å². The van der Waals surface area contributed by atoms with E-state index in [-0.39, 0.29) is 5.56 Å². The van der Waals surface area contributed by atoms with E-state index in [1.54, 1.807) is 0 Å². The summed E-state index contributed by atoms with van der Waals surface area (Å²) in [6, 6.07) is 31.2. The van der Waals surface area contributed by atoms with Gasteiger partial charge in [0.25, 0.3) is 5.56 Å². The molecule has 0 spiro atoms. The van der Waals surface area contributed by atoms with Gasteiger partial charge >= 0.3 is 0 Å². The Kier molecular flexibility index (Phi) is 6.47. The topological polar surface area (TPSA) is 22.0 Å². The summed E-state index contributed by atoms with van der Waals surface area (Å²) >= 11 is 0. The number of hydrogen-bond donors (Lipinski definition) is 0. The molecular weight excluding hydrogens is 378 g/mol. The molecule has 1 heterocycles. The zero-order valence-electron chi connectivity index (χ0n) is 18.3. The fourth-order valence-corrected chi connectivity index (χ4v) is 4.49. The molecule has 31 heavy (non-hydrogen) atoms. The summed E-state index contributed by atoms with van der Waals surface area (Å²) in [6.07, 6.45) is 2.42. The van der Waals surface area contributed by atoms with Crippen LogP contribution < -0.4 is 5.56 Å². The normalized spacial score (nSPS) is 10.9. The quantitative estimate of drug-likeness (QED) is 0.340. The lowest BCUT2D eigenvalue weighted by molar-refractivity contribution is 0.665. The summed E-state index contributed by atoms with van der Waals surface area (Å²) in [5.41, 5.74) is 7.94. The van der Waals surface area contributed by atoms with Crippen molar-refractivity contribution in [1.29, 1.82) is 0 Å². The van der Waals surface area contributed by atoms with Crippen LogP contribution in [0.15, 0.2) is 95.8 Å². The Morgan fingerprint density at radius 3 is 1.71 bits per heavy atom. The van der Waals surface area contributed by atoms with Crippen LogP contribution in [-0.2, 0) is 25.8 Å². The Balaban J connectivity index is 1.98. The maximum absolute atomic E-state index is 13.8. The van der Waals surface area contributed by atoms with E-state index >= 15 is 0 Å². The Morgan fingerprint density at radius 2 is 1.16 bits per heavy atom. The summed E-state index contributed by atoms with van der Waals surface area (Å²) in [7, 11) is 0. The van der Waals surface area contributed by atoms with Gasteiger partial charge in [-0.05, 0) is 47.1 Å². The minimum Gasteiger partial charge on any atom is -0.307 e. The molecule has 156 valence electrons. The van der Waals surface area contributed by atoms with Crippen molar-refractivity contribution in [2.75, 3.05) is 0 Å². The average molecular weight is 408 g/mol. The highest BCUT2D eigenvalue weighted by Gasteiger charge is 2.21. The van der Waals surface area contributed by atoms with Crippen LogP contribution in [0, 0.1) is 0 Å². The standard InChI is InChI=1S/C29H29NO/c1-3-25-27(23-16-10-6-11-17-23)26(4-2)29(31)30(21-20-22-14-8-5-9-15-22)28(25)24-18-12-7-13-19-24/h5-19H,3-4,20-21H2,1-2H3. The van der Waals surface area contributed by atoms with Gasteiger partial charge in [0.2, 0.25) is 0 Å². The first kappa shape index (κ1) is 20.9. The van der Waals surface area contributed by atoms with Crippen molar-refractivity contribution in [1.82, 2.24) is 4.57 Å². The molecule has 4 aromatic rings. The van der Waals surface area contributed by atoms with Crippen LogP contribution in [0.1, 0.15) is 30.5 Å². The highest BCUT2D eigenvalue weighted by atomic mass is 16.1. The number of benzene rings is 3. The second-order valence-electron chi connectivity index (χ2n) is 7.81. The lowest BCUT2D eigenvalue weighted by atomic mass is 9.89. The van der Waals surface area contributed by atoms with Crippen LogP contribution >= 0.6 is 0 Å². The number of nitrogens with zero attached hydrogens (tertiary/aromatic N) is 1. The van der Waals surface area contributed by atoms with Gasteiger partial charge in [0.05, 0.1) is 5.69 Å². The maximum Gasteiger partial charge on any atom is 0.254 e. The summed E-state index contributed by atoms with van der Waals surface area (Å²) < 4.78 is 2.02. The van der Waals surface area contributed by atoms with Crippen molar-refractivity contribution in [2.45, 2.75) is 39.7 Å². The van der Waals surface area contributed by atoms with E-state index in [9.17, 15) is 4.79 Å². The van der Waals surface area contributed by atoms with E-state index in [1.165, 1.54) is 11.1 Å². The Labute approximate surface area is 184 Å². The molecule has 0 radical (unpaired) electrons. The van der Waals surface area contributed by atoms with Crippen LogP contribution in [0.4, 0.5) is 0 Å². The minimum atomic E-state index is 0.133. The maximum atomic E-state index is 13.8. The van der Waals surface area contributed by atoms with Gasteiger partial charge in [-0.2, -0.15) is 0 Å². The van der Waals surface area contributed by atoms with E-state index < -0.39 is 0 Å². The van der Waals surface area contributed by atoms with Gasteiger partial charge in [0, 0.05) is 12.1 Å². The summed E-state index contributed by atoms with van der Waals surface area (Å²) in [5.74, 6) is 0. The zero-order chi connectivity index (χ0) is 21.6. The molecule has 0 aliphatic rings. The monoisotopic (exact) mass is 407 g/mol. The molecule has 0 aliphatic heterocycles. The molecule has 4 rings (SSSR count). The van der Waals surface area contributed by atoms with Crippen molar-refractivity contribution < 1.29 is 0 Å². The second kappa shape index (κ2) is 9.61. The molecule has 0 bridgehead atoms. The Morgan fingerprint density at radius 1 is 0.645 bits per heavy atom. The molecule has 0 atom stereocenters. The zero-order valence-corrected chi connectivity index (χ0v) is 18.3. The van der Waals surface area contributed by atoms with Gasteiger partial charge in [-0.25, -0.2) is 0 Å². The molecule has 3 aromatic carbocycles. The van der Waals surface area contributed by atoms with E-state index in [4.69, 9.17) is 0 Å². The SMILES string of the molecule is CCc1c(-c2ccccc2)c(CC)c(=O)n(CCc2ccccc2)c1-c1ccccc1. The molecule has 0 unspecified atom stereocenters. The van der Waals surface area contributed by atoms with Crippen LogP contribution in [0.25, 0.3) is 22.4 Å². The smallest absolute Gasteiger partial charge is 0.254 e. The van der Waals surface area contributed by atoms with Crippen molar-refractivity contribution in [3.8, 4) is 22.4 Å². The molecule has 0 saturated heterocycles. The largest absolute Gasteiger partial charge is 0.307 e. The molecule has 1 aromatic heterocycles. The van der Waals surface area contributed by atoms with Gasteiger partial charge in [0.15, 0.2) is 0 Å². The molecule has 0 saturated carbocycles. The Bertz CT molecular complexity index is 1190. The highest BCUT2D eigenvalue weighted by Crippen LogP contribution is 2.34. The van der Waals surface area contributed by atoms with E-state index in [0.717, 1.165) is 47.2 Å². The fourth-order valence-electron chi connectivity index (χ4n) is 4.49. The first-order valence-corrected chi connectivity index (χ1v) is 11.2. The minimum absolute atomic E-state index is 0.133. The molecule has 0 fully saturated rings. The summed E-state index contributed by atoms with van der Waals surface area (Å²) in [4.78, 5) is 13.8. The number of aromatic nitrogens is 1. The number of rotatable bonds is 7. The molecule has 0 aliphatic carbocycles. The third-order valence-corrected chi connectivity index (χ3v) is 5.95. The molecule has 0 N–H and O–H groups in total. The van der Waals surface area contributed by atoms with Crippen molar-refractivity contribution >= 4 is 0 Å². The third-order valence-electron chi connectivity index (χ3n) is 5.95. The number of aryl methyl sites for hydroxylation is 1. The van der Waals surface area contributed by atoms with Crippen LogP contribution in [0.2, 0.25) is 0 Å². The van der Waals surface area contributed by atoms with Crippen molar-refractivity contribution in [2.24, 2.45) is 0 Å². The third kappa shape index (κ3) is 4.25. The van der Waals surface area contributed by atoms with E-state index in [1.807, 2.05) is 22.8 Å². The van der Waals surface area contributed by atoms with Gasteiger partial charge in [-0.15, -0.1) is 0 Å². The van der Waals surface area contributed by atoms with Crippen LogP contribution in [0.5, 0.6) is 0 Å². The summed E-state index contributed by atoms with van der Waals surface area (Å²) in [5, 5.41) is 0. The fraction of sp³-hybridized carbons (Fsp3) is 0.207. The van der Waals surface area contributed by atoms with E-state index in [0.29, 0.717) is 6.54 Å².